The zero-order chi connectivity index (χ0) is 55.5. The number of hydrogen-bond acceptors (Lipinski definition) is 6. The van der Waals surface area contributed by atoms with E-state index in [1.807, 2.05) is 6.92 Å². The first-order valence-electron chi connectivity index (χ1n) is 35.4. The smallest absolute Gasteiger partial charge is 0.308 e. The number of carbonyl (C=O) groups is 3. The molecule has 1 rings (SSSR count). The van der Waals surface area contributed by atoms with Crippen molar-refractivity contribution >= 4 is 17.9 Å². The lowest BCUT2D eigenvalue weighted by molar-refractivity contribution is -0.163. The lowest BCUT2D eigenvalue weighted by atomic mass is 9.92. The first kappa shape index (κ1) is 73.4. The molecule has 0 aromatic carbocycles. The molecule has 0 amide bonds. The fourth-order valence-electron chi connectivity index (χ4n) is 11.8. The summed E-state index contributed by atoms with van der Waals surface area (Å²) >= 11 is 0. The molecule has 0 bridgehead atoms. The quantitative estimate of drug-likeness (QED) is 0.0343. The zero-order valence-corrected chi connectivity index (χ0v) is 52.6. The highest BCUT2D eigenvalue weighted by Crippen LogP contribution is 2.26. The van der Waals surface area contributed by atoms with Crippen LogP contribution < -0.4 is 0 Å². The van der Waals surface area contributed by atoms with Crippen LogP contribution in [0.15, 0.2) is 0 Å². The van der Waals surface area contributed by atoms with Crippen molar-refractivity contribution in [2.45, 2.75) is 406 Å². The van der Waals surface area contributed by atoms with Gasteiger partial charge in [0.1, 0.15) is 19.8 Å². The average Bonchev–Trinajstić information content (AvgIpc) is 3.43. The predicted molar refractivity (Wildman–Crippen MR) is 333 cm³/mol. The van der Waals surface area contributed by atoms with Crippen LogP contribution in [0.3, 0.4) is 0 Å². The molecule has 0 saturated heterocycles. The van der Waals surface area contributed by atoms with E-state index in [2.05, 4.69) is 13.8 Å². The fourth-order valence-corrected chi connectivity index (χ4v) is 11.8. The number of ether oxygens (including phenoxy) is 3. The van der Waals surface area contributed by atoms with E-state index in [0.29, 0.717) is 12.8 Å². The number of esters is 3. The first-order valence-corrected chi connectivity index (χ1v) is 35.4. The molecule has 0 aromatic heterocycles. The summed E-state index contributed by atoms with van der Waals surface area (Å²) in [4.78, 5) is 40.1. The molecule has 0 radical (unpaired) electrons. The summed E-state index contributed by atoms with van der Waals surface area (Å²) in [5.74, 6) is -0.654. The Hall–Kier alpha value is -1.59. The Morgan fingerprint density at radius 3 is 0.714 bits per heavy atom. The van der Waals surface area contributed by atoms with Gasteiger partial charge in [0.2, 0.25) is 0 Å². The normalized spacial score (nSPS) is 15.5. The molecule has 1 aliphatic rings. The molecular weight excluding hydrogens is 949 g/mol. The summed E-state index contributed by atoms with van der Waals surface area (Å²) in [5, 5.41) is 0. The Balaban J connectivity index is 2.51. The number of carbonyl (C=O) groups excluding carboxylic acids is 3. The van der Waals surface area contributed by atoms with Gasteiger partial charge >= 0.3 is 17.9 Å². The largest absolute Gasteiger partial charge is 0.465 e. The van der Waals surface area contributed by atoms with Crippen molar-refractivity contribution in [1.29, 1.82) is 0 Å². The summed E-state index contributed by atoms with van der Waals surface area (Å²) in [6.07, 6.45) is 76.1. The number of unbranched alkanes of at least 4 members (excludes halogenated alkanes) is 36. The van der Waals surface area contributed by atoms with Crippen molar-refractivity contribution in [1.82, 2.24) is 0 Å². The van der Waals surface area contributed by atoms with Crippen molar-refractivity contribution in [3.8, 4) is 0 Å². The van der Waals surface area contributed by atoms with Gasteiger partial charge in [-0.2, -0.15) is 0 Å². The van der Waals surface area contributed by atoms with Crippen LogP contribution in [0, 0.1) is 11.3 Å². The third kappa shape index (κ3) is 53.5. The van der Waals surface area contributed by atoms with Crippen molar-refractivity contribution in [2.24, 2.45) is 11.3 Å². The molecular formula is C71H136O6. The summed E-state index contributed by atoms with van der Waals surface area (Å²) in [7, 11) is 0. The van der Waals surface area contributed by atoms with Gasteiger partial charge in [-0.15, -0.1) is 0 Å². The standard InChI is InChI=1S/C71H136O6/c1-4-6-8-10-12-14-16-18-20-22-24-30-34-38-42-46-50-54-58-62-68(72)75-64-71(3,65-76-69(73)63-59-55-51-47-43-39-35-31-25-23-21-19-17-15-13-11-9-7-5-2)66-77-70(74)67-60-56-52-48-44-40-36-32-28-26-27-29-33-37-41-45-49-53-57-61-67/h67H,4-66H2,1-3H3. The lowest BCUT2D eigenvalue weighted by Gasteiger charge is -2.29. The van der Waals surface area contributed by atoms with Gasteiger partial charge < -0.3 is 14.2 Å². The Bertz CT molecular complexity index is 1150. The van der Waals surface area contributed by atoms with Crippen LogP contribution in [0.25, 0.3) is 0 Å². The van der Waals surface area contributed by atoms with E-state index in [4.69, 9.17) is 14.2 Å². The number of hydrogen-bond donors (Lipinski definition) is 0. The van der Waals surface area contributed by atoms with Gasteiger partial charge in [0.05, 0.1) is 11.3 Å². The highest BCUT2D eigenvalue weighted by molar-refractivity contribution is 5.72. The Kier molecular flexibility index (Phi) is 56.3. The molecule has 0 atom stereocenters. The van der Waals surface area contributed by atoms with Gasteiger partial charge in [-0.3, -0.25) is 14.4 Å². The van der Waals surface area contributed by atoms with Gasteiger partial charge in [0.15, 0.2) is 0 Å². The second-order valence-corrected chi connectivity index (χ2v) is 25.6. The molecule has 0 aliphatic heterocycles. The molecule has 0 heterocycles. The Morgan fingerprint density at radius 2 is 0.481 bits per heavy atom. The molecule has 0 unspecified atom stereocenters. The van der Waals surface area contributed by atoms with Crippen LogP contribution in [0.5, 0.6) is 0 Å². The van der Waals surface area contributed by atoms with Gasteiger partial charge in [0.25, 0.3) is 0 Å². The monoisotopic (exact) mass is 1090 g/mol. The van der Waals surface area contributed by atoms with E-state index >= 15 is 0 Å². The van der Waals surface area contributed by atoms with Gasteiger partial charge in [-0.1, -0.05) is 361 Å². The van der Waals surface area contributed by atoms with Gasteiger partial charge in [-0.25, -0.2) is 0 Å². The Labute approximate surface area is 481 Å². The second-order valence-electron chi connectivity index (χ2n) is 25.6. The van der Waals surface area contributed by atoms with E-state index < -0.39 is 5.41 Å². The van der Waals surface area contributed by atoms with Crippen LogP contribution >= 0.6 is 0 Å². The van der Waals surface area contributed by atoms with Crippen LogP contribution in [0.1, 0.15) is 406 Å². The van der Waals surface area contributed by atoms with Gasteiger partial charge in [0, 0.05) is 12.8 Å². The minimum absolute atomic E-state index is 0.0788. The first-order chi connectivity index (χ1) is 37.9. The summed E-state index contributed by atoms with van der Waals surface area (Å²) < 4.78 is 18.0. The maximum atomic E-state index is 13.9. The van der Waals surface area contributed by atoms with E-state index in [1.165, 1.54) is 308 Å². The van der Waals surface area contributed by atoms with E-state index in [1.54, 1.807) is 0 Å². The lowest BCUT2D eigenvalue weighted by Crippen LogP contribution is -2.37. The average molecular weight is 1090 g/mol. The third-order valence-corrected chi connectivity index (χ3v) is 17.4. The topological polar surface area (TPSA) is 78.9 Å². The highest BCUT2D eigenvalue weighted by Gasteiger charge is 2.32. The Morgan fingerprint density at radius 1 is 0.286 bits per heavy atom. The van der Waals surface area contributed by atoms with Crippen LogP contribution in [-0.2, 0) is 28.6 Å². The molecule has 6 nitrogen and oxygen atoms in total. The van der Waals surface area contributed by atoms with Gasteiger partial charge in [-0.05, 0) is 32.6 Å². The summed E-state index contributed by atoms with van der Waals surface area (Å²) in [5.41, 5.74) is -0.798. The maximum Gasteiger partial charge on any atom is 0.308 e. The molecule has 456 valence electrons. The maximum absolute atomic E-state index is 13.9. The molecule has 1 aliphatic carbocycles. The minimum atomic E-state index is -0.798. The third-order valence-electron chi connectivity index (χ3n) is 17.4. The SMILES string of the molecule is CCCCCCCCCCCCCCCCCCCCCC(=O)OCC(C)(COC(=O)CCCCCCCCCCCCCCCCCCCCC)COC(=O)C1CCCCCCCCCCCCCCCCCCCC1. The highest BCUT2D eigenvalue weighted by atomic mass is 16.6. The van der Waals surface area contributed by atoms with E-state index in [-0.39, 0.29) is 43.6 Å². The second kappa shape index (κ2) is 59.0. The van der Waals surface area contributed by atoms with Crippen LogP contribution in [0.4, 0.5) is 0 Å². The van der Waals surface area contributed by atoms with Crippen LogP contribution in [-0.4, -0.2) is 37.7 Å². The van der Waals surface area contributed by atoms with Crippen molar-refractivity contribution < 1.29 is 28.6 Å². The molecule has 6 heteroatoms. The van der Waals surface area contributed by atoms with Crippen LogP contribution in [0.2, 0.25) is 0 Å². The van der Waals surface area contributed by atoms with Crippen molar-refractivity contribution in [3.63, 3.8) is 0 Å². The summed E-state index contributed by atoms with van der Waals surface area (Å²) in [6.45, 7) is 6.78. The molecule has 77 heavy (non-hydrogen) atoms. The number of rotatable bonds is 47. The van der Waals surface area contributed by atoms with E-state index in [0.717, 1.165) is 64.2 Å². The molecule has 1 saturated carbocycles. The zero-order valence-electron chi connectivity index (χ0n) is 52.6. The summed E-state index contributed by atoms with van der Waals surface area (Å²) in [6, 6.07) is 0. The predicted octanol–water partition coefficient (Wildman–Crippen LogP) is 23.7. The molecule has 0 spiro atoms. The van der Waals surface area contributed by atoms with Crippen molar-refractivity contribution in [3.05, 3.63) is 0 Å². The minimum Gasteiger partial charge on any atom is -0.465 e. The molecule has 0 aromatic rings. The van der Waals surface area contributed by atoms with Crippen molar-refractivity contribution in [2.75, 3.05) is 19.8 Å². The molecule has 1 fully saturated rings. The van der Waals surface area contributed by atoms with E-state index in [9.17, 15) is 14.4 Å². The fraction of sp³-hybridized carbons (Fsp3) is 0.958. The molecule has 0 N–H and O–H groups in total.